The van der Waals surface area contributed by atoms with E-state index in [0.29, 0.717) is 0 Å². The molecule has 7 heteroatoms. The molecular formula is C28H34N2O5. The third kappa shape index (κ3) is 5.66. The van der Waals surface area contributed by atoms with Gasteiger partial charge in [-0.15, -0.1) is 0 Å². The summed E-state index contributed by atoms with van der Waals surface area (Å²) in [4.78, 5) is 37.1. The van der Waals surface area contributed by atoms with Gasteiger partial charge >= 0.3 is 12.1 Å². The molecule has 0 saturated heterocycles. The van der Waals surface area contributed by atoms with E-state index in [9.17, 15) is 19.5 Å². The molecule has 2 aromatic carbocycles. The predicted molar refractivity (Wildman–Crippen MR) is 133 cm³/mol. The SMILES string of the molecule is CC(C)[C@H](NC(=O)OCC1c2ccccc2-c2ccccc21)C(=O)N[C@@H]1CCCC[C@@H]1CC(=O)O. The lowest BCUT2D eigenvalue weighted by atomic mass is 9.82. The molecule has 186 valence electrons. The van der Waals surface area contributed by atoms with Gasteiger partial charge < -0.3 is 20.5 Å². The van der Waals surface area contributed by atoms with Crippen molar-refractivity contribution in [2.24, 2.45) is 11.8 Å². The Morgan fingerprint density at radius 2 is 1.57 bits per heavy atom. The lowest BCUT2D eigenvalue weighted by molar-refractivity contribution is -0.139. The van der Waals surface area contributed by atoms with E-state index in [1.165, 1.54) is 0 Å². The average molecular weight is 479 g/mol. The van der Waals surface area contributed by atoms with Crippen LogP contribution < -0.4 is 10.6 Å². The Hall–Kier alpha value is -3.35. The lowest BCUT2D eigenvalue weighted by Crippen LogP contribution is -2.54. The van der Waals surface area contributed by atoms with Gasteiger partial charge in [0.15, 0.2) is 0 Å². The number of ether oxygens (including phenoxy) is 1. The number of fused-ring (bicyclic) bond motifs is 3. The van der Waals surface area contributed by atoms with Crippen LogP contribution in [0.1, 0.15) is 63.0 Å². The van der Waals surface area contributed by atoms with Crippen molar-refractivity contribution < 1.29 is 24.2 Å². The van der Waals surface area contributed by atoms with Crippen LogP contribution in [0, 0.1) is 11.8 Å². The fourth-order valence-corrected chi connectivity index (χ4v) is 5.44. The highest BCUT2D eigenvalue weighted by Gasteiger charge is 2.33. The second-order valence-electron chi connectivity index (χ2n) is 9.95. The third-order valence-electron chi connectivity index (χ3n) is 7.24. The first-order valence-corrected chi connectivity index (χ1v) is 12.5. The first-order chi connectivity index (χ1) is 16.8. The standard InChI is InChI=1S/C28H34N2O5/c1-17(2)26(27(33)29-24-14-8-3-9-18(24)15-25(31)32)30-28(34)35-16-23-21-12-6-4-10-19(21)20-11-5-7-13-22(20)23/h4-7,10-13,17-18,23-24,26H,3,8-9,14-16H2,1-2H3,(H,29,33)(H,30,34)(H,31,32)/t18-,24-,26+/m1/s1. The number of hydrogen-bond acceptors (Lipinski definition) is 4. The Kier molecular flexibility index (Phi) is 7.73. The number of hydrogen-bond donors (Lipinski definition) is 3. The summed E-state index contributed by atoms with van der Waals surface area (Å²) in [7, 11) is 0. The van der Waals surface area contributed by atoms with E-state index in [4.69, 9.17) is 4.74 Å². The zero-order chi connectivity index (χ0) is 24.9. The maximum atomic E-state index is 13.1. The molecule has 2 aliphatic rings. The Balaban J connectivity index is 1.38. The summed E-state index contributed by atoms with van der Waals surface area (Å²) >= 11 is 0. The summed E-state index contributed by atoms with van der Waals surface area (Å²) in [6.45, 7) is 3.91. The van der Waals surface area contributed by atoms with E-state index in [1.807, 2.05) is 38.1 Å². The monoisotopic (exact) mass is 478 g/mol. The molecule has 0 radical (unpaired) electrons. The van der Waals surface area contributed by atoms with Crippen molar-refractivity contribution in [1.82, 2.24) is 10.6 Å². The van der Waals surface area contributed by atoms with Gasteiger partial charge in [-0.3, -0.25) is 9.59 Å². The molecule has 3 N–H and O–H groups in total. The fourth-order valence-electron chi connectivity index (χ4n) is 5.44. The maximum Gasteiger partial charge on any atom is 0.407 e. The number of carboxylic acids is 1. The summed E-state index contributed by atoms with van der Waals surface area (Å²) in [5.41, 5.74) is 4.56. The molecule has 2 aromatic rings. The largest absolute Gasteiger partial charge is 0.481 e. The van der Waals surface area contributed by atoms with Gasteiger partial charge in [0.25, 0.3) is 0 Å². The highest BCUT2D eigenvalue weighted by molar-refractivity contribution is 5.86. The van der Waals surface area contributed by atoms with Gasteiger partial charge in [0.2, 0.25) is 5.91 Å². The zero-order valence-electron chi connectivity index (χ0n) is 20.3. The van der Waals surface area contributed by atoms with Gasteiger partial charge in [0.05, 0.1) is 6.42 Å². The summed E-state index contributed by atoms with van der Waals surface area (Å²) in [5.74, 6) is -1.45. The van der Waals surface area contributed by atoms with Crippen molar-refractivity contribution in [2.75, 3.05) is 6.61 Å². The number of carbonyl (C=O) groups excluding carboxylic acids is 2. The van der Waals surface area contributed by atoms with E-state index in [2.05, 4.69) is 34.9 Å². The Morgan fingerprint density at radius 3 is 2.17 bits per heavy atom. The van der Waals surface area contributed by atoms with Crippen LogP contribution in [0.3, 0.4) is 0 Å². The number of rotatable bonds is 8. The van der Waals surface area contributed by atoms with Crippen LogP contribution in [0.15, 0.2) is 48.5 Å². The molecule has 0 aromatic heterocycles. The van der Waals surface area contributed by atoms with Gasteiger partial charge in [-0.25, -0.2) is 4.79 Å². The van der Waals surface area contributed by atoms with Crippen LogP contribution in [-0.4, -0.2) is 41.8 Å². The molecule has 0 heterocycles. The third-order valence-corrected chi connectivity index (χ3v) is 7.24. The minimum Gasteiger partial charge on any atom is -0.481 e. The molecule has 3 atom stereocenters. The number of carboxylic acid groups (broad SMARTS) is 1. The van der Waals surface area contributed by atoms with Crippen LogP contribution >= 0.6 is 0 Å². The van der Waals surface area contributed by atoms with Crippen LogP contribution in [0.4, 0.5) is 4.79 Å². The predicted octanol–water partition coefficient (Wildman–Crippen LogP) is 4.70. The number of carbonyl (C=O) groups is 3. The van der Waals surface area contributed by atoms with Crippen molar-refractivity contribution in [3.8, 4) is 11.1 Å². The topological polar surface area (TPSA) is 105 Å². The quantitative estimate of drug-likeness (QED) is 0.510. The lowest BCUT2D eigenvalue weighted by Gasteiger charge is -2.33. The number of nitrogens with one attached hydrogen (secondary N) is 2. The summed E-state index contributed by atoms with van der Waals surface area (Å²) < 4.78 is 5.63. The molecule has 7 nitrogen and oxygen atoms in total. The highest BCUT2D eigenvalue weighted by Crippen LogP contribution is 2.44. The number of benzene rings is 2. The minimum absolute atomic E-state index is 0.0388. The molecule has 1 fully saturated rings. The van der Waals surface area contributed by atoms with Gasteiger partial charge in [0.1, 0.15) is 12.6 Å². The summed E-state index contributed by atoms with van der Waals surface area (Å²) in [5, 5.41) is 15.0. The van der Waals surface area contributed by atoms with Crippen molar-refractivity contribution >= 4 is 18.0 Å². The van der Waals surface area contributed by atoms with E-state index in [0.717, 1.165) is 47.9 Å². The van der Waals surface area contributed by atoms with E-state index >= 15 is 0 Å². The van der Waals surface area contributed by atoms with Crippen molar-refractivity contribution in [1.29, 1.82) is 0 Å². The van der Waals surface area contributed by atoms with Gasteiger partial charge in [-0.1, -0.05) is 75.2 Å². The highest BCUT2D eigenvalue weighted by atomic mass is 16.5. The Bertz CT molecular complexity index is 1040. The smallest absolute Gasteiger partial charge is 0.407 e. The van der Waals surface area contributed by atoms with Crippen LogP contribution in [0.2, 0.25) is 0 Å². The zero-order valence-corrected chi connectivity index (χ0v) is 20.3. The molecule has 2 amide bonds. The minimum atomic E-state index is -0.853. The number of aliphatic carboxylic acids is 1. The van der Waals surface area contributed by atoms with E-state index in [1.54, 1.807) is 0 Å². The van der Waals surface area contributed by atoms with Gasteiger partial charge in [-0.2, -0.15) is 0 Å². The van der Waals surface area contributed by atoms with Crippen molar-refractivity contribution in [3.63, 3.8) is 0 Å². The van der Waals surface area contributed by atoms with Gasteiger partial charge in [0, 0.05) is 12.0 Å². The Labute approximate surface area is 206 Å². The summed E-state index contributed by atoms with van der Waals surface area (Å²) in [6.07, 6.45) is 2.86. The van der Waals surface area contributed by atoms with E-state index in [-0.39, 0.29) is 42.7 Å². The van der Waals surface area contributed by atoms with Gasteiger partial charge in [-0.05, 0) is 46.9 Å². The van der Waals surface area contributed by atoms with Crippen LogP contribution in [-0.2, 0) is 14.3 Å². The normalized spacial score (nSPS) is 20.0. The fraction of sp³-hybridized carbons (Fsp3) is 0.464. The molecule has 35 heavy (non-hydrogen) atoms. The molecule has 1 saturated carbocycles. The first-order valence-electron chi connectivity index (χ1n) is 12.5. The van der Waals surface area contributed by atoms with Crippen molar-refractivity contribution in [3.05, 3.63) is 59.7 Å². The molecule has 0 unspecified atom stereocenters. The second-order valence-corrected chi connectivity index (χ2v) is 9.95. The van der Waals surface area contributed by atoms with Crippen LogP contribution in [0.5, 0.6) is 0 Å². The molecule has 2 aliphatic carbocycles. The molecule has 0 aliphatic heterocycles. The second kappa shape index (κ2) is 10.9. The Morgan fingerprint density at radius 1 is 0.971 bits per heavy atom. The summed E-state index contributed by atoms with van der Waals surface area (Å²) in [6, 6.07) is 15.3. The first kappa shape index (κ1) is 24.8. The van der Waals surface area contributed by atoms with E-state index < -0.39 is 18.1 Å². The maximum absolute atomic E-state index is 13.1. The molecule has 0 spiro atoms. The average Bonchev–Trinajstić information content (AvgIpc) is 3.15. The van der Waals surface area contributed by atoms with Crippen molar-refractivity contribution in [2.45, 2.75) is 64.0 Å². The number of alkyl carbamates (subject to hydrolysis) is 1. The molecular weight excluding hydrogens is 444 g/mol. The molecule has 0 bridgehead atoms. The number of amides is 2. The van der Waals surface area contributed by atoms with Crippen LogP contribution in [0.25, 0.3) is 11.1 Å². The molecule has 4 rings (SSSR count).